The van der Waals surface area contributed by atoms with Gasteiger partial charge in [-0.15, -0.1) is 11.3 Å². The van der Waals surface area contributed by atoms with E-state index in [1.807, 2.05) is 5.38 Å². The fourth-order valence-corrected chi connectivity index (χ4v) is 3.54. The fraction of sp³-hybridized carbons (Fsp3) is 0.174. The summed E-state index contributed by atoms with van der Waals surface area (Å²) in [5.41, 5.74) is 1.21. The van der Waals surface area contributed by atoms with Crippen molar-refractivity contribution in [1.29, 1.82) is 0 Å². The van der Waals surface area contributed by atoms with Crippen molar-refractivity contribution in [3.05, 3.63) is 76.0 Å². The van der Waals surface area contributed by atoms with Crippen molar-refractivity contribution in [3.8, 4) is 11.5 Å². The zero-order valence-electron chi connectivity index (χ0n) is 16.5. The van der Waals surface area contributed by atoms with E-state index in [0.29, 0.717) is 40.8 Å². The summed E-state index contributed by atoms with van der Waals surface area (Å²) >= 11 is 1.34. The maximum absolute atomic E-state index is 12.4. The molecule has 4 rings (SSSR count). The van der Waals surface area contributed by atoms with E-state index in [2.05, 4.69) is 5.32 Å². The third-order valence-corrected chi connectivity index (χ3v) is 5.40. The number of ether oxygens (including phenoxy) is 3. The molecule has 0 saturated carbocycles. The average Bonchev–Trinajstić information content (AvgIpc) is 3.23. The Hall–Kier alpha value is -3.65. The number of esters is 1. The standard InChI is InChI=1S/C23H19NO6S/c25-18(16-6-9-19-20(13-16)29-11-2-10-28-19)14-30-23(27)15-4-7-17(8-5-15)24-22(26)21-3-1-12-31-21/h1,3-9,12-13H,2,10-11,14H2,(H,24,26). The third-order valence-electron chi connectivity index (χ3n) is 4.53. The second kappa shape index (κ2) is 9.44. The van der Waals surface area contributed by atoms with Crippen molar-refractivity contribution in [2.24, 2.45) is 0 Å². The molecular formula is C23H19NO6S. The quantitative estimate of drug-likeness (QED) is 0.459. The number of amides is 1. The number of benzene rings is 2. The molecule has 0 radical (unpaired) electrons. The SMILES string of the molecule is O=C(COC(=O)c1ccc(NC(=O)c2cccs2)cc1)c1ccc2c(c1)OCCCO2. The van der Waals surface area contributed by atoms with Crippen LogP contribution in [-0.4, -0.2) is 37.5 Å². The molecule has 1 aliphatic rings. The maximum atomic E-state index is 12.4. The van der Waals surface area contributed by atoms with Gasteiger partial charge >= 0.3 is 5.97 Å². The molecule has 31 heavy (non-hydrogen) atoms. The summed E-state index contributed by atoms with van der Waals surface area (Å²) in [7, 11) is 0. The molecule has 8 heteroatoms. The molecule has 0 unspecified atom stereocenters. The first kappa shape index (κ1) is 20.6. The summed E-state index contributed by atoms with van der Waals surface area (Å²) in [4.78, 5) is 37.4. The molecule has 2 aromatic carbocycles. The highest BCUT2D eigenvalue weighted by molar-refractivity contribution is 7.12. The van der Waals surface area contributed by atoms with E-state index >= 15 is 0 Å². The minimum absolute atomic E-state index is 0.217. The van der Waals surface area contributed by atoms with Crippen LogP contribution in [0.5, 0.6) is 11.5 Å². The molecule has 158 valence electrons. The summed E-state index contributed by atoms with van der Waals surface area (Å²) in [5.74, 6) is -0.0825. The lowest BCUT2D eigenvalue weighted by atomic mass is 10.1. The van der Waals surface area contributed by atoms with Crippen LogP contribution in [0, 0.1) is 0 Å². The monoisotopic (exact) mass is 437 g/mol. The fourth-order valence-electron chi connectivity index (χ4n) is 2.92. The van der Waals surface area contributed by atoms with Gasteiger partial charge in [0.25, 0.3) is 5.91 Å². The zero-order valence-corrected chi connectivity index (χ0v) is 17.3. The van der Waals surface area contributed by atoms with Crippen molar-refractivity contribution in [2.45, 2.75) is 6.42 Å². The van der Waals surface area contributed by atoms with Gasteiger partial charge in [0.1, 0.15) is 0 Å². The largest absolute Gasteiger partial charge is 0.490 e. The van der Waals surface area contributed by atoms with E-state index in [0.717, 1.165) is 6.42 Å². The number of carbonyl (C=O) groups is 3. The van der Waals surface area contributed by atoms with Crippen molar-refractivity contribution in [3.63, 3.8) is 0 Å². The van der Waals surface area contributed by atoms with Gasteiger partial charge in [-0.05, 0) is 53.9 Å². The molecule has 3 aromatic rings. The second-order valence-electron chi connectivity index (χ2n) is 6.72. The maximum Gasteiger partial charge on any atom is 0.338 e. The van der Waals surface area contributed by atoms with Gasteiger partial charge in [0.15, 0.2) is 23.9 Å². The molecule has 2 heterocycles. The first-order valence-electron chi connectivity index (χ1n) is 9.65. The number of hydrogen-bond acceptors (Lipinski definition) is 7. The number of fused-ring (bicyclic) bond motifs is 1. The van der Waals surface area contributed by atoms with E-state index in [4.69, 9.17) is 14.2 Å². The van der Waals surface area contributed by atoms with Crippen LogP contribution < -0.4 is 14.8 Å². The number of ketones is 1. The van der Waals surface area contributed by atoms with Crippen LogP contribution >= 0.6 is 11.3 Å². The lowest BCUT2D eigenvalue weighted by Crippen LogP contribution is -2.15. The zero-order chi connectivity index (χ0) is 21.6. The van der Waals surface area contributed by atoms with Gasteiger partial charge < -0.3 is 19.5 Å². The number of Topliss-reactive ketones (excluding diaryl/α,β-unsaturated/α-hetero) is 1. The summed E-state index contributed by atoms with van der Waals surface area (Å²) < 4.78 is 16.3. The Labute approximate surface area is 182 Å². The molecular weight excluding hydrogens is 418 g/mol. The molecule has 0 saturated heterocycles. The Morgan fingerprint density at radius 1 is 0.935 bits per heavy atom. The van der Waals surface area contributed by atoms with E-state index in [9.17, 15) is 14.4 Å². The molecule has 1 aromatic heterocycles. The Morgan fingerprint density at radius 3 is 2.42 bits per heavy atom. The van der Waals surface area contributed by atoms with Gasteiger partial charge in [-0.1, -0.05) is 6.07 Å². The molecule has 0 spiro atoms. The molecule has 0 aliphatic carbocycles. The van der Waals surface area contributed by atoms with Crippen LogP contribution in [0.4, 0.5) is 5.69 Å². The Bertz CT molecular complexity index is 1090. The summed E-state index contributed by atoms with van der Waals surface area (Å²) in [5, 5.41) is 4.58. The summed E-state index contributed by atoms with van der Waals surface area (Å²) in [6, 6.07) is 14.7. The highest BCUT2D eigenvalue weighted by Crippen LogP contribution is 2.30. The van der Waals surface area contributed by atoms with Gasteiger partial charge in [-0.3, -0.25) is 9.59 Å². The third kappa shape index (κ3) is 5.10. The predicted molar refractivity (Wildman–Crippen MR) is 115 cm³/mol. The van der Waals surface area contributed by atoms with Crippen LogP contribution in [0.25, 0.3) is 0 Å². The smallest absolute Gasteiger partial charge is 0.338 e. The molecule has 0 atom stereocenters. The Morgan fingerprint density at radius 2 is 1.68 bits per heavy atom. The number of nitrogens with one attached hydrogen (secondary N) is 1. The Kier molecular flexibility index (Phi) is 6.28. The normalized spacial score (nSPS) is 12.5. The van der Waals surface area contributed by atoms with E-state index < -0.39 is 12.6 Å². The lowest BCUT2D eigenvalue weighted by Gasteiger charge is -2.09. The molecule has 1 aliphatic heterocycles. The lowest BCUT2D eigenvalue weighted by molar-refractivity contribution is 0.0474. The number of anilines is 1. The molecule has 0 fully saturated rings. The van der Waals surface area contributed by atoms with Crippen LogP contribution in [0.1, 0.15) is 36.8 Å². The van der Waals surface area contributed by atoms with Gasteiger partial charge in [-0.2, -0.15) is 0 Å². The first-order chi connectivity index (χ1) is 15.1. The van der Waals surface area contributed by atoms with E-state index in [1.165, 1.54) is 23.5 Å². The number of carbonyl (C=O) groups excluding carboxylic acids is 3. The predicted octanol–water partition coefficient (Wildman–Crippen LogP) is 4.20. The van der Waals surface area contributed by atoms with Crippen LogP contribution in [-0.2, 0) is 4.74 Å². The second-order valence-corrected chi connectivity index (χ2v) is 7.67. The van der Waals surface area contributed by atoms with Crippen LogP contribution in [0.2, 0.25) is 0 Å². The molecule has 1 amide bonds. The number of thiophene rings is 1. The van der Waals surface area contributed by atoms with Gasteiger partial charge in [-0.25, -0.2) is 4.79 Å². The van der Waals surface area contributed by atoms with E-state index in [1.54, 1.807) is 42.5 Å². The van der Waals surface area contributed by atoms with Crippen LogP contribution in [0.3, 0.4) is 0 Å². The average molecular weight is 437 g/mol. The first-order valence-corrected chi connectivity index (χ1v) is 10.5. The van der Waals surface area contributed by atoms with Crippen molar-refractivity contribution < 1.29 is 28.6 Å². The molecule has 1 N–H and O–H groups in total. The van der Waals surface area contributed by atoms with Gasteiger partial charge in [0, 0.05) is 17.7 Å². The minimum Gasteiger partial charge on any atom is -0.490 e. The van der Waals surface area contributed by atoms with Crippen molar-refractivity contribution in [1.82, 2.24) is 0 Å². The minimum atomic E-state index is -0.626. The number of rotatable bonds is 6. The molecule has 7 nitrogen and oxygen atoms in total. The highest BCUT2D eigenvalue weighted by atomic mass is 32.1. The topological polar surface area (TPSA) is 90.9 Å². The van der Waals surface area contributed by atoms with Crippen molar-refractivity contribution in [2.75, 3.05) is 25.1 Å². The van der Waals surface area contributed by atoms with E-state index in [-0.39, 0.29) is 17.3 Å². The molecule has 0 bridgehead atoms. The Balaban J connectivity index is 1.32. The van der Waals surface area contributed by atoms with Crippen molar-refractivity contribution >= 4 is 34.7 Å². The van der Waals surface area contributed by atoms with Crippen LogP contribution in [0.15, 0.2) is 60.0 Å². The number of hydrogen-bond donors (Lipinski definition) is 1. The highest BCUT2D eigenvalue weighted by Gasteiger charge is 2.16. The van der Waals surface area contributed by atoms with Gasteiger partial charge in [0.05, 0.1) is 23.7 Å². The van der Waals surface area contributed by atoms with Gasteiger partial charge in [0.2, 0.25) is 0 Å². The summed E-state index contributed by atoms with van der Waals surface area (Å²) in [6.45, 7) is 0.688. The summed E-state index contributed by atoms with van der Waals surface area (Å²) in [6.07, 6.45) is 0.770.